The first-order valence-electron chi connectivity index (χ1n) is 5.73. The summed E-state index contributed by atoms with van der Waals surface area (Å²) in [7, 11) is -2.16. The van der Waals surface area contributed by atoms with Crippen molar-refractivity contribution in [3.8, 4) is 0 Å². The molecular weight excluding hydrogens is 290 g/mol. The van der Waals surface area contributed by atoms with E-state index in [2.05, 4.69) is 10.0 Å². The van der Waals surface area contributed by atoms with Crippen molar-refractivity contribution >= 4 is 32.0 Å². The van der Waals surface area contributed by atoms with Crippen molar-refractivity contribution in [2.75, 3.05) is 18.9 Å². The molecule has 1 rings (SSSR count). The Bertz CT molecular complexity index is 551. The molecule has 0 bridgehead atoms. The number of nitro groups is 1. The van der Waals surface area contributed by atoms with E-state index in [1.807, 2.05) is 13.8 Å². The lowest BCUT2D eigenvalue weighted by Gasteiger charge is -2.06. The molecule has 0 aliphatic carbocycles. The summed E-state index contributed by atoms with van der Waals surface area (Å²) in [5.74, 6) is 0.383. The first-order chi connectivity index (χ1) is 8.77. The second-order valence-electron chi connectivity index (χ2n) is 4.37. The Morgan fingerprint density at radius 2 is 2.11 bits per heavy atom. The van der Waals surface area contributed by atoms with Crippen LogP contribution in [0.1, 0.15) is 20.3 Å². The molecule has 1 heterocycles. The smallest absolute Gasteiger partial charge is 0.304 e. The fourth-order valence-corrected chi connectivity index (χ4v) is 3.73. The summed E-state index contributed by atoms with van der Waals surface area (Å²) in [6.07, 6.45) is 0.714. The van der Waals surface area contributed by atoms with Crippen LogP contribution in [0.15, 0.2) is 10.3 Å². The van der Waals surface area contributed by atoms with Gasteiger partial charge in [0, 0.05) is 19.7 Å². The fraction of sp³-hybridized carbons (Fsp3) is 0.600. The summed E-state index contributed by atoms with van der Waals surface area (Å²) < 4.78 is 26.3. The van der Waals surface area contributed by atoms with Crippen LogP contribution in [0.2, 0.25) is 0 Å². The Balaban J connectivity index is 2.92. The topological polar surface area (TPSA) is 101 Å². The first-order valence-corrected chi connectivity index (χ1v) is 8.03. The third-order valence-electron chi connectivity index (χ3n) is 2.39. The summed E-state index contributed by atoms with van der Waals surface area (Å²) in [5, 5.41) is 13.6. The zero-order chi connectivity index (χ0) is 14.6. The Morgan fingerprint density at radius 3 is 2.53 bits per heavy atom. The monoisotopic (exact) mass is 307 g/mol. The van der Waals surface area contributed by atoms with Crippen LogP contribution in [-0.4, -0.2) is 26.9 Å². The second kappa shape index (κ2) is 6.31. The Kier molecular flexibility index (Phi) is 5.27. The average Bonchev–Trinajstić information content (AvgIpc) is 2.72. The van der Waals surface area contributed by atoms with E-state index in [0.717, 1.165) is 17.4 Å². The van der Waals surface area contributed by atoms with E-state index in [0.29, 0.717) is 18.9 Å². The Labute approximate surface area is 116 Å². The molecule has 0 aliphatic heterocycles. The van der Waals surface area contributed by atoms with Gasteiger partial charge < -0.3 is 5.32 Å². The highest BCUT2D eigenvalue weighted by molar-refractivity contribution is 7.91. The summed E-state index contributed by atoms with van der Waals surface area (Å²) >= 11 is 0.850. The molecule has 0 saturated heterocycles. The molecule has 108 valence electrons. The van der Waals surface area contributed by atoms with Gasteiger partial charge >= 0.3 is 5.69 Å². The molecule has 0 aliphatic rings. The van der Waals surface area contributed by atoms with Gasteiger partial charge in [0.05, 0.1) is 4.92 Å². The molecular formula is C10H17N3O4S2. The molecule has 0 atom stereocenters. The van der Waals surface area contributed by atoms with Gasteiger partial charge in [-0.25, -0.2) is 13.1 Å². The minimum atomic E-state index is -3.68. The lowest BCUT2D eigenvalue weighted by Crippen LogP contribution is -2.24. The summed E-state index contributed by atoms with van der Waals surface area (Å²) in [6, 6.07) is 1.08. The van der Waals surface area contributed by atoms with Crippen LogP contribution in [0.25, 0.3) is 0 Å². The predicted molar refractivity (Wildman–Crippen MR) is 75.2 cm³/mol. The van der Waals surface area contributed by atoms with Crippen LogP contribution in [0.4, 0.5) is 10.7 Å². The molecule has 1 aromatic rings. The Morgan fingerprint density at radius 1 is 1.47 bits per heavy atom. The summed E-state index contributed by atoms with van der Waals surface area (Å²) in [6.45, 7) is 4.30. The van der Waals surface area contributed by atoms with Crippen molar-refractivity contribution in [1.29, 1.82) is 0 Å². The number of thiophene rings is 1. The first kappa shape index (κ1) is 15.9. The van der Waals surface area contributed by atoms with Gasteiger partial charge in [-0.3, -0.25) is 10.1 Å². The molecule has 2 N–H and O–H groups in total. The number of nitrogens with one attached hydrogen (secondary N) is 2. The van der Waals surface area contributed by atoms with Crippen LogP contribution < -0.4 is 10.0 Å². The highest BCUT2D eigenvalue weighted by Gasteiger charge is 2.25. The molecule has 19 heavy (non-hydrogen) atoms. The maximum absolute atomic E-state index is 12.0. The van der Waals surface area contributed by atoms with E-state index >= 15 is 0 Å². The molecule has 0 spiro atoms. The number of hydrogen-bond donors (Lipinski definition) is 2. The van der Waals surface area contributed by atoms with Gasteiger partial charge in [0.15, 0.2) is 5.00 Å². The van der Waals surface area contributed by atoms with Gasteiger partial charge in [0.25, 0.3) is 0 Å². The summed E-state index contributed by atoms with van der Waals surface area (Å²) in [5.41, 5.74) is -0.225. The van der Waals surface area contributed by atoms with E-state index in [9.17, 15) is 18.5 Å². The molecule has 1 aromatic heterocycles. The highest BCUT2D eigenvalue weighted by atomic mass is 32.2. The van der Waals surface area contributed by atoms with Crippen LogP contribution in [0.3, 0.4) is 0 Å². The van der Waals surface area contributed by atoms with E-state index in [1.54, 1.807) is 0 Å². The number of nitrogens with zero attached hydrogens (tertiary/aromatic N) is 1. The van der Waals surface area contributed by atoms with E-state index in [1.165, 1.54) is 7.05 Å². The fourth-order valence-electron chi connectivity index (χ4n) is 1.36. The van der Waals surface area contributed by atoms with E-state index in [-0.39, 0.29) is 14.9 Å². The lowest BCUT2D eigenvalue weighted by molar-refractivity contribution is -0.383. The molecule has 0 saturated carbocycles. The van der Waals surface area contributed by atoms with Gasteiger partial charge in [-0.15, -0.1) is 0 Å². The molecule has 9 heteroatoms. The van der Waals surface area contributed by atoms with Gasteiger partial charge in [-0.1, -0.05) is 25.2 Å². The Hall–Kier alpha value is -1.19. The minimum absolute atomic E-state index is 0.0488. The van der Waals surface area contributed by atoms with Crippen molar-refractivity contribution in [2.24, 2.45) is 5.92 Å². The van der Waals surface area contributed by atoms with Gasteiger partial charge in [-0.2, -0.15) is 0 Å². The molecule has 7 nitrogen and oxygen atoms in total. The predicted octanol–water partition coefficient (Wildman–Crippen LogP) is 2.02. The molecule has 0 unspecified atom stereocenters. The van der Waals surface area contributed by atoms with E-state index in [4.69, 9.17) is 0 Å². The normalized spacial score (nSPS) is 11.8. The zero-order valence-electron chi connectivity index (χ0n) is 11.0. The van der Waals surface area contributed by atoms with Crippen molar-refractivity contribution in [3.63, 3.8) is 0 Å². The number of rotatable bonds is 7. The molecule has 0 aromatic carbocycles. The van der Waals surface area contributed by atoms with Gasteiger partial charge in [-0.05, 0) is 12.3 Å². The number of sulfonamides is 1. The van der Waals surface area contributed by atoms with Crippen LogP contribution in [0.5, 0.6) is 0 Å². The maximum atomic E-state index is 12.0. The van der Waals surface area contributed by atoms with Crippen LogP contribution in [0, 0.1) is 16.0 Å². The van der Waals surface area contributed by atoms with Gasteiger partial charge in [0.2, 0.25) is 10.0 Å². The largest absolute Gasteiger partial charge is 0.374 e. The minimum Gasteiger partial charge on any atom is -0.374 e. The lowest BCUT2D eigenvalue weighted by atomic mass is 10.1. The van der Waals surface area contributed by atoms with Crippen LogP contribution >= 0.6 is 11.3 Å². The van der Waals surface area contributed by atoms with Gasteiger partial charge in [0.1, 0.15) is 4.21 Å². The maximum Gasteiger partial charge on any atom is 0.304 e. The van der Waals surface area contributed by atoms with Crippen molar-refractivity contribution in [3.05, 3.63) is 16.2 Å². The summed E-state index contributed by atoms with van der Waals surface area (Å²) in [4.78, 5) is 10.2. The molecule has 0 amide bonds. The number of hydrogen-bond acceptors (Lipinski definition) is 6. The zero-order valence-corrected chi connectivity index (χ0v) is 12.6. The average molecular weight is 307 g/mol. The van der Waals surface area contributed by atoms with Crippen LogP contribution in [-0.2, 0) is 10.0 Å². The van der Waals surface area contributed by atoms with E-state index < -0.39 is 14.9 Å². The third-order valence-corrected chi connectivity index (χ3v) is 5.47. The molecule has 0 fully saturated rings. The third kappa shape index (κ3) is 4.15. The van der Waals surface area contributed by atoms with Crippen molar-refractivity contribution < 1.29 is 13.3 Å². The second-order valence-corrected chi connectivity index (χ2v) is 7.41. The van der Waals surface area contributed by atoms with Crippen molar-refractivity contribution in [1.82, 2.24) is 4.72 Å². The molecule has 0 radical (unpaired) electrons. The van der Waals surface area contributed by atoms with Crippen molar-refractivity contribution in [2.45, 2.75) is 24.5 Å². The standard InChI is InChI=1S/C10H17N3O4S2/c1-7(2)4-5-12-19(16,17)9-6-8(13(14)15)10(11-3)18-9/h6-7,11-12H,4-5H2,1-3H3. The number of anilines is 1. The highest BCUT2D eigenvalue weighted by Crippen LogP contribution is 2.36. The quantitative estimate of drug-likeness (QED) is 0.593. The SMILES string of the molecule is CNc1sc(S(=O)(=O)NCCC(C)C)cc1[N+](=O)[O-].